The number of urea groups is 1. The van der Waals surface area contributed by atoms with Crippen molar-refractivity contribution in [2.45, 2.75) is 45.7 Å². The van der Waals surface area contributed by atoms with Crippen molar-refractivity contribution in [2.75, 3.05) is 13.1 Å². The molecule has 0 radical (unpaired) electrons. The number of piperidine rings is 1. The van der Waals surface area contributed by atoms with Gasteiger partial charge >= 0.3 is 6.03 Å². The summed E-state index contributed by atoms with van der Waals surface area (Å²) in [5.74, 6) is -0.218. The Balaban J connectivity index is 1.45. The van der Waals surface area contributed by atoms with E-state index in [-0.39, 0.29) is 24.4 Å². The standard InChI is InChI=1S/C24H27N3O3/c1-16-5-8-19(9-6-16)21(28)26-12-10-24(11-13-26)22(29)27(23(30)25-24)15-20-14-17(2)4-7-18(20)3/h4-9,14H,10-13,15H2,1-3H3,(H,25,30). The van der Waals surface area contributed by atoms with E-state index in [1.807, 2.05) is 63.2 Å². The van der Waals surface area contributed by atoms with E-state index in [2.05, 4.69) is 5.32 Å². The van der Waals surface area contributed by atoms with Gasteiger partial charge in [-0.15, -0.1) is 0 Å². The number of likely N-dealkylation sites (tertiary alicyclic amines) is 1. The van der Waals surface area contributed by atoms with Crippen LogP contribution < -0.4 is 5.32 Å². The summed E-state index contributed by atoms with van der Waals surface area (Å²) in [6, 6.07) is 13.2. The molecule has 2 heterocycles. The van der Waals surface area contributed by atoms with Crippen molar-refractivity contribution in [1.29, 1.82) is 0 Å². The lowest BCUT2D eigenvalue weighted by Crippen LogP contribution is -2.55. The topological polar surface area (TPSA) is 69.7 Å². The Kier molecular flexibility index (Phi) is 5.10. The minimum absolute atomic E-state index is 0.0335. The van der Waals surface area contributed by atoms with Crippen LogP contribution in [0.15, 0.2) is 42.5 Å². The minimum atomic E-state index is -0.904. The van der Waals surface area contributed by atoms with E-state index in [0.717, 1.165) is 22.3 Å². The number of carbonyl (C=O) groups is 3. The molecule has 2 fully saturated rings. The first-order valence-corrected chi connectivity index (χ1v) is 10.4. The molecule has 30 heavy (non-hydrogen) atoms. The van der Waals surface area contributed by atoms with Crippen molar-refractivity contribution in [2.24, 2.45) is 0 Å². The summed E-state index contributed by atoms with van der Waals surface area (Å²) in [5, 5.41) is 2.93. The Labute approximate surface area is 176 Å². The molecule has 2 aliphatic rings. The maximum atomic E-state index is 13.2. The molecular formula is C24H27N3O3. The van der Waals surface area contributed by atoms with Crippen LogP contribution in [0.3, 0.4) is 0 Å². The van der Waals surface area contributed by atoms with Gasteiger partial charge in [0.25, 0.3) is 11.8 Å². The highest BCUT2D eigenvalue weighted by Gasteiger charge is 2.52. The number of hydrogen-bond donors (Lipinski definition) is 1. The highest BCUT2D eigenvalue weighted by molar-refractivity contribution is 6.07. The first kappa shape index (κ1) is 20.1. The molecule has 4 amide bonds. The molecule has 0 aliphatic carbocycles. The number of amides is 4. The van der Waals surface area contributed by atoms with E-state index in [0.29, 0.717) is 31.5 Å². The lowest BCUT2D eigenvalue weighted by atomic mass is 9.87. The van der Waals surface area contributed by atoms with Crippen molar-refractivity contribution in [3.63, 3.8) is 0 Å². The van der Waals surface area contributed by atoms with Gasteiger partial charge in [0.2, 0.25) is 0 Å². The van der Waals surface area contributed by atoms with Gasteiger partial charge in [0.05, 0.1) is 6.54 Å². The molecule has 4 rings (SSSR count). The molecule has 2 aliphatic heterocycles. The van der Waals surface area contributed by atoms with Gasteiger partial charge in [0.1, 0.15) is 5.54 Å². The van der Waals surface area contributed by atoms with Crippen molar-refractivity contribution in [1.82, 2.24) is 15.1 Å². The van der Waals surface area contributed by atoms with Crippen LogP contribution in [-0.4, -0.2) is 46.3 Å². The van der Waals surface area contributed by atoms with E-state index in [4.69, 9.17) is 0 Å². The molecule has 156 valence electrons. The zero-order chi connectivity index (χ0) is 21.5. The molecule has 0 saturated carbocycles. The monoisotopic (exact) mass is 405 g/mol. The number of benzene rings is 2. The van der Waals surface area contributed by atoms with Crippen molar-refractivity contribution in [3.05, 3.63) is 70.3 Å². The average molecular weight is 405 g/mol. The van der Waals surface area contributed by atoms with Crippen LogP contribution in [0.25, 0.3) is 0 Å². The Morgan fingerprint density at radius 2 is 1.60 bits per heavy atom. The summed E-state index contributed by atoms with van der Waals surface area (Å²) >= 11 is 0. The molecular weight excluding hydrogens is 378 g/mol. The molecule has 2 aromatic rings. The van der Waals surface area contributed by atoms with Gasteiger partial charge in [0.15, 0.2) is 0 Å². The fourth-order valence-electron chi connectivity index (χ4n) is 4.27. The van der Waals surface area contributed by atoms with E-state index < -0.39 is 5.54 Å². The molecule has 6 nitrogen and oxygen atoms in total. The van der Waals surface area contributed by atoms with E-state index in [1.54, 1.807) is 4.90 Å². The molecule has 2 aromatic carbocycles. The second-order valence-corrected chi connectivity index (χ2v) is 8.49. The summed E-state index contributed by atoms with van der Waals surface area (Å²) in [7, 11) is 0. The largest absolute Gasteiger partial charge is 0.338 e. The third kappa shape index (κ3) is 3.58. The normalized spacial score (nSPS) is 18.1. The van der Waals surface area contributed by atoms with Gasteiger partial charge in [-0.2, -0.15) is 0 Å². The van der Waals surface area contributed by atoms with Crippen LogP contribution in [-0.2, 0) is 11.3 Å². The van der Waals surface area contributed by atoms with Crippen LogP contribution in [0.4, 0.5) is 4.79 Å². The van der Waals surface area contributed by atoms with Gasteiger partial charge in [0, 0.05) is 18.7 Å². The maximum absolute atomic E-state index is 13.2. The lowest BCUT2D eigenvalue weighted by Gasteiger charge is -2.37. The molecule has 6 heteroatoms. The molecule has 0 aromatic heterocycles. The Hall–Kier alpha value is -3.15. The summed E-state index contributed by atoms with van der Waals surface area (Å²) in [6.45, 7) is 7.12. The Bertz CT molecular complexity index is 1000. The fourth-order valence-corrected chi connectivity index (χ4v) is 4.27. The maximum Gasteiger partial charge on any atom is 0.325 e. The van der Waals surface area contributed by atoms with Crippen LogP contribution in [0.5, 0.6) is 0 Å². The number of nitrogens with zero attached hydrogens (tertiary/aromatic N) is 2. The summed E-state index contributed by atoms with van der Waals surface area (Å²) in [5.41, 5.74) is 3.98. The first-order chi connectivity index (χ1) is 14.3. The lowest BCUT2D eigenvalue weighted by molar-refractivity contribution is -0.133. The van der Waals surface area contributed by atoms with Gasteiger partial charge in [-0.1, -0.05) is 41.5 Å². The minimum Gasteiger partial charge on any atom is -0.338 e. The highest BCUT2D eigenvalue weighted by Crippen LogP contribution is 2.31. The second kappa shape index (κ2) is 7.59. The SMILES string of the molecule is Cc1ccc(C(=O)N2CCC3(CC2)NC(=O)N(Cc2cc(C)ccc2C)C3=O)cc1. The molecule has 2 saturated heterocycles. The molecule has 1 N–H and O–H groups in total. The Morgan fingerprint density at radius 1 is 0.967 bits per heavy atom. The number of rotatable bonds is 3. The summed E-state index contributed by atoms with van der Waals surface area (Å²) in [4.78, 5) is 41.7. The average Bonchev–Trinajstić information content (AvgIpc) is 2.95. The smallest absolute Gasteiger partial charge is 0.325 e. The number of hydrogen-bond acceptors (Lipinski definition) is 3. The number of nitrogens with one attached hydrogen (secondary N) is 1. The zero-order valence-corrected chi connectivity index (χ0v) is 17.7. The molecule has 1 spiro atoms. The molecule has 0 atom stereocenters. The molecule has 0 bridgehead atoms. The third-order valence-electron chi connectivity index (χ3n) is 6.28. The summed E-state index contributed by atoms with van der Waals surface area (Å²) in [6.07, 6.45) is 0.858. The molecule has 0 unspecified atom stereocenters. The van der Waals surface area contributed by atoms with Crippen LogP contribution in [0.2, 0.25) is 0 Å². The van der Waals surface area contributed by atoms with E-state index in [1.165, 1.54) is 4.90 Å². The van der Waals surface area contributed by atoms with Gasteiger partial charge in [-0.05, 0) is 56.9 Å². The number of aryl methyl sites for hydroxylation is 3. The zero-order valence-electron chi connectivity index (χ0n) is 17.7. The second-order valence-electron chi connectivity index (χ2n) is 8.49. The van der Waals surface area contributed by atoms with Gasteiger partial charge in [-0.3, -0.25) is 14.5 Å². The van der Waals surface area contributed by atoms with Crippen LogP contribution in [0.1, 0.15) is 45.5 Å². The van der Waals surface area contributed by atoms with Crippen molar-refractivity contribution in [3.8, 4) is 0 Å². The van der Waals surface area contributed by atoms with E-state index >= 15 is 0 Å². The third-order valence-corrected chi connectivity index (χ3v) is 6.28. The predicted octanol–water partition coefficient (Wildman–Crippen LogP) is 3.34. The van der Waals surface area contributed by atoms with Gasteiger partial charge in [-0.25, -0.2) is 4.79 Å². The Morgan fingerprint density at radius 3 is 2.27 bits per heavy atom. The number of carbonyl (C=O) groups excluding carboxylic acids is 3. The van der Waals surface area contributed by atoms with Crippen LogP contribution in [0, 0.1) is 20.8 Å². The quantitative estimate of drug-likeness (QED) is 0.797. The highest BCUT2D eigenvalue weighted by atomic mass is 16.2. The van der Waals surface area contributed by atoms with Gasteiger partial charge < -0.3 is 10.2 Å². The van der Waals surface area contributed by atoms with Crippen molar-refractivity contribution >= 4 is 17.8 Å². The van der Waals surface area contributed by atoms with E-state index in [9.17, 15) is 14.4 Å². The van der Waals surface area contributed by atoms with Crippen LogP contribution >= 0.6 is 0 Å². The summed E-state index contributed by atoms with van der Waals surface area (Å²) < 4.78 is 0. The fraction of sp³-hybridized carbons (Fsp3) is 0.375. The predicted molar refractivity (Wildman–Crippen MR) is 114 cm³/mol. The first-order valence-electron chi connectivity index (χ1n) is 10.4. The number of imide groups is 1. The van der Waals surface area contributed by atoms with Crippen molar-refractivity contribution < 1.29 is 14.4 Å².